The Labute approximate surface area is 302 Å². The third kappa shape index (κ3) is 28.7. The molecule has 1 aliphatic carbocycles. The summed E-state index contributed by atoms with van der Waals surface area (Å²) in [6.45, 7) is 6.58. The van der Waals surface area contributed by atoms with Gasteiger partial charge in [-0.1, -0.05) is 117 Å². The Morgan fingerprint density at radius 1 is 0.571 bits per heavy atom. The van der Waals surface area contributed by atoms with E-state index in [-0.39, 0.29) is 24.0 Å². The minimum absolute atomic E-state index is 0.0137. The van der Waals surface area contributed by atoms with Gasteiger partial charge in [0.25, 0.3) is 0 Å². The van der Waals surface area contributed by atoms with Crippen LogP contribution in [0.5, 0.6) is 0 Å². The van der Waals surface area contributed by atoms with Gasteiger partial charge in [0.1, 0.15) is 6.10 Å². The number of carbonyl (C=O) groups is 3. The molecule has 0 bridgehead atoms. The SMILES string of the molecule is CCCCCC(CCCCC)CCOC(=O)CCCCCCCC(CCCCCCCC(=O)OCC1CCCC1)OC(=O)CCCN(C)C. The first-order valence-electron chi connectivity index (χ1n) is 21.0. The highest BCUT2D eigenvalue weighted by Crippen LogP contribution is 2.25. The van der Waals surface area contributed by atoms with E-state index in [1.165, 1.54) is 77.0 Å². The number of hydrogen-bond acceptors (Lipinski definition) is 7. The van der Waals surface area contributed by atoms with Gasteiger partial charge < -0.3 is 19.1 Å². The molecule has 0 amide bonds. The predicted octanol–water partition coefficient (Wildman–Crippen LogP) is 11.1. The van der Waals surface area contributed by atoms with E-state index in [1.807, 2.05) is 14.1 Å². The summed E-state index contributed by atoms with van der Waals surface area (Å²) in [5, 5.41) is 0. The zero-order chi connectivity index (χ0) is 35.8. The maximum absolute atomic E-state index is 12.5. The van der Waals surface area contributed by atoms with Crippen LogP contribution in [0.2, 0.25) is 0 Å². The average molecular weight is 694 g/mol. The lowest BCUT2D eigenvalue weighted by atomic mass is 9.92. The molecule has 7 heteroatoms. The van der Waals surface area contributed by atoms with Crippen LogP contribution in [0.15, 0.2) is 0 Å². The van der Waals surface area contributed by atoms with Crippen molar-refractivity contribution in [2.45, 2.75) is 206 Å². The lowest BCUT2D eigenvalue weighted by molar-refractivity contribution is -0.150. The Morgan fingerprint density at radius 3 is 1.61 bits per heavy atom. The van der Waals surface area contributed by atoms with E-state index in [0.29, 0.717) is 44.3 Å². The second-order valence-corrected chi connectivity index (χ2v) is 15.3. The molecule has 0 spiro atoms. The van der Waals surface area contributed by atoms with Crippen molar-refractivity contribution in [3.63, 3.8) is 0 Å². The van der Waals surface area contributed by atoms with Gasteiger partial charge in [-0.2, -0.15) is 0 Å². The standard InChI is InChI=1S/C42H79NO6/c1-5-7-15-24-37(25-16-8-6-2)33-35-47-40(44)30-19-13-9-11-17-28-39(49-42(46)32-23-34-43(3)4)29-18-12-10-14-20-31-41(45)48-36-38-26-21-22-27-38/h37-39H,5-36H2,1-4H3. The van der Waals surface area contributed by atoms with Crippen LogP contribution < -0.4 is 0 Å². The normalized spacial score (nSPS) is 14.1. The largest absolute Gasteiger partial charge is 0.466 e. The minimum atomic E-state index is -0.0743. The van der Waals surface area contributed by atoms with Gasteiger partial charge in [0.15, 0.2) is 0 Å². The minimum Gasteiger partial charge on any atom is -0.466 e. The van der Waals surface area contributed by atoms with Crippen molar-refractivity contribution in [1.29, 1.82) is 0 Å². The second kappa shape index (κ2) is 32.3. The maximum Gasteiger partial charge on any atom is 0.306 e. The third-order valence-corrected chi connectivity index (χ3v) is 10.3. The fourth-order valence-corrected chi connectivity index (χ4v) is 7.06. The van der Waals surface area contributed by atoms with Gasteiger partial charge >= 0.3 is 17.9 Å². The highest BCUT2D eigenvalue weighted by molar-refractivity contribution is 5.70. The van der Waals surface area contributed by atoms with E-state index in [4.69, 9.17) is 14.2 Å². The van der Waals surface area contributed by atoms with Crippen LogP contribution in [0.25, 0.3) is 0 Å². The summed E-state index contributed by atoms with van der Waals surface area (Å²) in [6.07, 6.45) is 30.7. The zero-order valence-corrected chi connectivity index (χ0v) is 32.8. The molecule has 0 radical (unpaired) electrons. The molecule has 0 saturated heterocycles. The van der Waals surface area contributed by atoms with Crippen LogP contribution in [0.3, 0.4) is 0 Å². The molecule has 1 aliphatic rings. The number of nitrogens with zero attached hydrogens (tertiary/aromatic N) is 1. The fraction of sp³-hybridized carbons (Fsp3) is 0.929. The molecule has 0 aromatic rings. The summed E-state index contributed by atoms with van der Waals surface area (Å²) in [5.74, 6) is 1.13. The van der Waals surface area contributed by atoms with Crippen molar-refractivity contribution in [2.75, 3.05) is 33.9 Å². The first kappa shape index (κ1) is 45.4. The molecule has 0 heterocycles. The van der Waals surface area contributed by atoms with Gasteiger partial charge in [0, 0.05) is 19.3 Å². The van der Waals surface area contributed by atoms with Crippen molar-refractivity contribution in [3.05, 3.63) is 0 Å². The van der Waals surface area contributed by atoms with Crippen LogP contribution in [-0.2, 0) is 28.6 Å². The fourth-order valence-electron chi connectivity index (χ4n) is 7.06. The monoisotopic (exact) mass is 694 g/mol. The topological polar surface area (TPSA) is 82.1 Å². The van der Waals surface area contributed by atoms with Crippen LogP contribution >= 0.6 is 0 Å². The number of hydrogen-bond donors (Lipinski definition) is 0. The van der Waals surface area contributed by atoms with Gasteiger partial charge in [-0.3, -0.25) is 14.4 Å². The Balaban J connectivity index is 2.21. The Morgan fingerprint density at radius 2 is 1.06 bits per heavy atom. The molecule has 0 aromatic carbocycles. The van der Waals surface area contributed by atoms with Crippen molar-refractivity contribution < 1.29 is 28.6 Å². The third-order valence-electron chi connectivity index (χ3n) is 10.3. The number of rotatable bonds is 34. The maximum atomic E-state index is 12.5. The quantitative estimate of drug-likeness (QED) is 0.0377. The van der Waals surface area contributed by atoms with Gasteiger partial charge in [-0.25, -0.2) is 0 Å². The van der Waals surface area contributed by atoms with E-state index >= 15 is 0 Å². The Bertz CT molecular complexity index is 786. The molecular weight excluding hydrogens is 614 g/mol. The highest BCUT2D eigenvalue weighted by atomic mass is 16.5. The molecule has 0 N–H and O–H groups in total. The molecule has 0 aromatic heterocycles. The zero-order valence-electron chi connectivity index (χ0n) is 32.8. The predicted molar refractivity (Wildman–Crippen MR) is 203 cm³/mol. The summed E-state index contributed by atoms with van der Waals surface area (Å²) in [4.78, 5) is 39.0. The number of unbranched alkanes of at least 4 members (excludes halogenated alkanes) is 12. The van der Waals surface area contributed by atoms with Gasteiger partial charge in [-0.15, -0.1) is 0 Å². The molecule has 1 fully saturated rings. The molecule has 1 atom stereocenters. The molecule has 7 nitrogen and oxygen atoms in total. The lowest BCUT2D eigenvalue weighted by Gasteiger charge is -2.18. The molecule has 49 heavy (non-hydrogen) atoms. The van der Waals surface area contributed by atoms with Crippen molar-refractivity contribution in [3.8, 4) is 0 Å². The summed E-state index contributed by atoms with van der Waals surface area (Å²) >= 11 is 0. The van der Waals surface area contributed by atoms with Gasteiger partial charge in [0.2, 0.25) is 0 Å². The molecule has 1 rings (SSSR count). The second-order valence-electron chi connectivity index (χ2n) is 15.3. The Hall–Kier alpha value is -1.63. The van der Waals surface area contributed by atoms with Crippen LogP contribution in [0.1, 0.15) is 200 Å². The van der Waals surface area contributed by atoms with Gasteiger partial charge in [-0.05, 0) is 96.7 Å². The molecule has 288 valence electrons. The Kier molecular flexibility index (Phi) is 29.9. The molecular formula is C42H79NO6. The summed E-state index contributed by atoms with van der Waals surface area (Å²) in [6, 6.07) is 0. The van der Waals surface area contributed by atoms with E-state index < -0.39 is 0 Å². The molecule has 0 aliphatic heterocycles. The van der Waals surface area contributed by atoms with E-state index in [2.05, 4.69) is 18.7 Å². The average Bonchev–Trinajstić information content (AvgIpc) is 3.60. The van der Waals surface area contributed by atoms with E-state index in [0.717, 1.165) is 96.4 Å². The van der Waals surface area contributed by atoms with Crippen molar-refractivity contribution >= 4 is 17.9 Å². The molecule has 1 saturated carbocycles. The number of ether oxygens (including phenoxy) is 3. The smallest absolute Gasteiger partial charge is 0.306 e. The van der Waals surface area contributed by atoms with Crippen molar-refractivity contribution in [1.82, 2.24) is 4.90 Å². The summed E-state index contributed by atoms with van der Waals surface area (Å²) in [7, 11) is 4.05. The first-order valence-corrected chi connectivity index (χ1v) is 21.0. The van der Waals surface area contributed by atoms with E-state index in [9.17, 15) is 14.4 Å². The molecule has 1 unspecified atom stereocenters. The lowest BCUT2D eigenvalue weighted by Crippen LogP contribution is -2.20. The summed E-state index contributed by atoms with van der Waals surface area (Å²) < 4.78 is 17.0. The first-order chi connectivity index (χ1) is 23.8. The number of carbonyl (C=O) groups excluding carboxylic acids is 3. The van der Waals surface area contributed by atoms with Crippen molar-refractivity contribution in [2.24, 2.45) is 11.8 Å². The summed E-state index contributed by atoms with van der Waals surface area (Å²) in [5.41, 5.74) is 0. The highest BCUT2D eigenvalue weighted by Gasteiger charge is 2.17. The van der Waals surface area contributed by atoms with Gasteiger partial charge in [0.05, 0.1) is 13.2 Å². The van der Waals surface area contributed by atoms with Crippen LogP contribution in [-0.4, -0.2) is 62.8 Å². The van der Waals surface area contributed by atoms with Crippen LogP contribution in [0, 0.1) is 11.8 Å². The van der Waals surface area contributed by atoms with Crippen LogP contribution in [0.4, 0.5) is 0 Å². The van der Waals surface area contributed by atoms with E-state index in [1.54, 1.807) is 0 Å². The number of esters is 3.